The Bertz CT molecular complexity index is 828. The van der Waals surface area contributed by atoms with E-state index in [1.54, 1.807) is 6.33 Å². The molecule has 1 aliphatic carbocycles. The SMILES string of the molecule is O=C(NCc1ccc(Cl)cc1)N1CCN(c2ncnc3c2C=CC3)CC1. The monoisotopic (exact) mass is 369 g/mol. The highest BCUT2D eigenvalue weighted by Crippen LogP contribution is 2.26. The van der Waals surface area contributed by atoms with Gasteiger partial charge in [0.15, 0.2) is 0 Å². The molecule has 1 saturated heterocycles. The molecule has 1 fully saturated rings. The summed E-state index contributed by atoms with van der Waals surface area (Å²) in [6.07, 6.45) is 6.71. The lowest BCUT2D eigenvalue weighted by Crippen LogP contribution is -2.52. The van der Waals surface area contributed by atoms with E-state index in [1.165, 1.54) is 0 Å². The van der Waals surface area contributed by atoms with Gasteiger partial charge in [-0.2, -0.15) is 0 Å². The van der Waals surface area contributed by atoms with Gasteiger partial charge in [0, 0.05) is 49.7 Å². The van der Waals surface area contributed by atoms with Crippen molar-refractivity contribution in [3.8, 4) is 0 Å². The summed E-state index contributed by atoms with van der Waals surface area (Å²) in [6.45, 7) is 3.39. The second-order valence-corrected chi connectivity index (χ2v) is 6.86. The molecule has 1 aliphatic heterocycles. The first-order chi connectivity index (χ1) is 12.7. The van der Waals surface area contributed by atoms with Crippen LogP contribution in [0.2, 0.25) is 5.02 Å². The number of carbonyl (C=O) groups is 1. The molecular formula is C19H20ClN5O. The van der Waals surface area contributed by atoms with Crippen LogP contribution in [0.15, 0.2) is 36.7 Å². The Hall–Kier alpha value is -2.60. The molecule has 2 amide bonds. The molecule has 1 N–H and O–H groups in total. The van der Waals surface area contributed by atoms with Gasteiger partial charge in [0.1, 0.15) is 12.1 Å². The first-order valence-electron chi connectivity index (χ1n) is 8.73. The van der Waals surface area contributed by atoms with E-state index >= 15 is 0 Å². The second-order valence-electron chi connectivity index (χ2n) is 6.42. The fourth-order valence-electron chi connectivity index (χ4n) is 3.31. The van der Waals surface area contributed by atoms with Crippen molar-refractivity contribution in [1.82, 2.24) is 20.2 Å². The summed E-state index contributed by atoms with van der Waals surface area (Å²) in [4.78, 5) is 25.3. The maximum Gasteiger partial charge on any atom is 0.317 e. The zero-order valence-electron chi connectivity index (χ0n) is 14.4. The molecule has 4 rings (SSSR count). The summed E-state index contributed by atoms with van der Waals surface area (Å²) in [7, 11) is 0. The Balaban J connectivity index is 1.32. The van der Waals surface area contributed by atoms with Crippen molar-refractivity contribution >= 4 is 29.5 Å². The summed E-state index contributed by atoms with van der Waals surface area (Å²) >= 11 is 5.88. The third kappa shape index (κ3) is 3.51. The normalized spacial score (nSPS) is 15.9. The van der Waals surface area contributed by atoms with Crippen molar-refractivity contribution in [2.45, 2.75) is 13.0 Å². The zero-order chi connectivity index (χ0) is 17.9. The first-order valence-corrected chi connectivity index (χ1v) is 9.11. The smallest absolute Gasteiger partial charge is 0.317 e. The predicted octanol–water partition coefficient (Wildman–Crippen LogP) is 2.73. The summed E-state index contributed by atoms with van der Waals surface area (Å²) in [5, 5.41) is 3.67. The number of aromatic nitrogens is 2. The van der Waals surface area contributed by atoms with E-state index in [2.05, 4.69) is 32.3 Å². The molecule has 0 spiro atoms. The maximum atomic E-state index is 12.4. The lowest BCUT2D eigenvalue weighted by molar-refractivity contribution is 0.194. The number of nitrogens with zero attached hydrogens (tertiary/aromatic N) is 4. The minimum absolute atomic E-state index is 0.0348. The van der Waals surface area contributed by atoms with Gasteiger partial charge in [0.05, 0.1) is 5.69 Å². The number of halogens is 1. The molecule has 2 aliphatic rings. The third-order valence-electron chi connectivity index (χ3n) is 4.76. The number of amides is 2. The number of allylic oxidation sites excluding steroid dienone is 1. The number of rotatable bonds is 3. The van der Waals surface area contributed by atoms with Crippen molar-refractivity contribution in [2.24, 2.45) is 0 Å². The van der Waals surface area contributed by atoms with Crippen LogP contribution < -0.4 is 10.2 Å². The molecule has 7 heteroatoms. The maximum absolute atomic E-state index is 12.4. The molecule has 0 atom stereocenters. The Morgan fingerprint density at radius 2 is 1.88 bits per heavy atom. The molecule has 0 bridgehead atoms. The summed E-state index contributed by atoms with van der Waals surface area (Å²) in [6, 6.07) is 7.47. The van der Waals surface area contributed by atoms with Crippen LogP contribution >= 0.6 is 11.6 Å². The minimum Gasteiger partial charge on any atom is -0.352 e. The Labute approximate surface area is 157 Å². The average Bonchev–Trinajstić information content (AvgIpc) is 3.16. The first kappa shape index (κ1) is 16.8. The number of fused-ring (bicyclic) bond motifs is 1. The van der Waals surface area contributed by atoms with Gasteiger partial charge in [-0.25, -0.2) is 14.8 Å². The number of urea groups is 1. The molecule has 26 heavy (non-hydrogen) atoms. The van der Waals surface area contributed by atoms with Gasteiger partial charge in [0.25, 0.3) is 0 Å². The summed E-state index contributed by atoms with van der Waals surface area (Å²) < 4.78 is 0. The number of piperazine rings is 1. The third-order valence-corrected chi connectivity index (χ3v) is 5.02. The average molecular weight is 370 g/mol. The number of benzene rings is 1. The van der Waals surface area contributed by atoms with Gasteiger partial charge in [-0.15, -0.1) is 0 Å². The number of nitrogens with one attached hydrogen (secondary N) is 1. The van der Waals surface area contributed by atoms with Crippen molar-refractivity contribution in [3.63, 3.8) is 0 Å². The van der Waals surface area contributed by atoms with Crippen LogP contribution in [-0.2, 0) is 13.0 Å². The number of anilines is 1. The van der Waals surface area contributed by atoms with E-state index in [0.29, 0.717) is 24.7 Å². The summed E-state index contributed by atoms with van der Waals surface area (Å²) in [5.74, 6) is 0.977. The molecule has 0 radical (unpaired) electrons. The van der Waals surface area contributed by atoms with Crippen molar-refractivity contribution < 1.29 is 4.79 Å². The van der Waals surface area contributed by atoms with Crippen LogP contribution in [-0.4, -0.2) is 47.1 Å². The number of hydrogen-bond acceptors (Lipinski definition) is 4. The van der Waals surface area contributed by atoms with E-state index in [4.69, 9.17) is 11.6 Å². The fourth-order valence-corrected chi connectivity index (χ4v) is 3.43. The lowest BCUT2D eigenvalue weighted by Gasteiger charge is -2.36. The van der Waals surface area contributed by atoms with E-state index in [1.807, 2.05) is 29.2 Å². The van der Waals surface area contributed by atoms with E-state index in [0.717, 1.165) is 42.1 Å². The number of hydrogen-bond donors (Lipinski definition) is 1. The summed E-state index contributed by atoms with van der Waals surface area (Å²) in [5.41, 5.74) is 3.23. The van der Waals surface area contributed by atoms with Crippen molar-refractivity contribution in [2.75, 3.05) is 31.1 Å². The Morgan fingerprint density at radius 1 is 1.12 bits per heavy atom. The zero-order valence-corrected chi connectivity index (χ0v) is 15.1. The molecule has 0 unspecified atom stereocenters. The number of carbonyl (C=O) groups excluding carboxylic acids is 1. The van der Waals surface area contributed by atoms with Crippen molar-refractivity contribution in [1.29, 1.82) is 0 Å². The van der Waals surface area contributed by atoms with Gasteiger partial charge in [0.2, 0.25) is 0 Å². The molecule has 6 nitrogen and oxygen atoms in total. The largest absolute Gasteiger partial charge is 0.352 e. The van der Waals surface area contributed by atoms with E-state index in [-0.39, 0.29) is 6.03 Å². The molecule has 0 saturated carbocycles. The molecule has 134 valence electrons. The van der Waals surface area contributed by atoms with Crippen LogP contribution in [0.25, 0.3) is 6.08 Å². The molecule has 1 aromatic heterocycles. The Morgan fingerprint density at radius 3 is 2.65 bits per heavy atom. The Kier molecular flexibility index (Phi) is 4.75. The molecule has 2 heterocycles. The highest BCUT2D eigenvalue weighted by atomic mass is 35.5. The van der Waals surface area contributed by atoms with Crippen LogP contribution in [0.5, 0.6) is 0 Å². The van der Waals surface area contributed by atoms with E-state index in [9.17, 15) is 4.79 Å². The lowest BCUT2D eigenvalue weighted by atomic mass is 10.2. The highest BCUT2D eigenvalue weighted by molar-refractivity contribution is 6.30. The van der Waals surface area contributed by atoms with Gasteiger partial charge < -0.3 is 15.1 Å². The van der Waals surface area contributed by atoms with E-state index < -0.39 is 0 Å². The standard InChI is InChI=1S/C19H20ClN5O/c20-15-6-4-14(5-7-15)12-21-19(26)25-10-8-24(9-11-25)18-16-2-1-3-17(16)22-13-23-18/h1-2,4-7,13H,3,8-12H2,(H,21,26). The van der Waals surface area contributed by atoms with Crippen LogP contribution in [0.4, 0.5) is 10.6 Å². The molecular weight excluding hydrogens is 350 g/mol. The van der Waals surface area contributed by atoms with Crippen molar-refractivity contribution in [3.05, 3.63) is 58.5 Å². The fraction of sp³-hybridized carbons (Fsp3) is 0.316. The minimum atomic E-state index is -0.0348. The quantitative estimate of drug-likeness (QED) is 0.903. The van der Waals surface area contributed by atoms with Gasteiger partial charge in [-0.05, 0) is 17.7 Å². The van der Waals surface area contributed by atoms with Gasteiger partial charge in [-0.1, -0.05) is 35.9 Å². The van der Waals surface area contributed by atoms with Gasteiger partial charge >= 0.3 is 6.03 Å². The van der Waals surface area contributed by atoms with Crippen LogP contribution in [0.3, 0.4) is 0 Å². The van der Waals surface area contributed by atoms with Gasteiger partial charge in [-0.3, -0.25) is 0 Å². The molecule has 2 aromatic rings. The predicted molar refractivity (Wildman–Crippen MR) is 102 cm³/mol. The second kappa shape index (κ2) is 7.33. The van der Waals surface area contributed by atoms with Crippen LogP contribution in [0.1, 0.15) is 16.8 Å². The molecule has 1 aromatic carbocycles. The topological polar surface area (TPSA) is 61.4 Å². The highest BCUT2D eigenvalue weighted by Gasteiger charge is 2.24. The van der Waals surface area contributed by atoms with Crippen LogP contribution in [0, 0.1) is 0 Å².